The Morgan fingerprint density at radius 2 is 1.86 bits per heavy atom. The minimum absolute atomic E-state index is 1.18. The van der Waals surface area contributed by atoms with Gasteiger partial charge in [0.25, 0.3) is 0 Å². The Labute approximate surface area is 101 Å². The Balaban J connectivity index is 2.65. The van der Waals surface area contributed by atoms with Crippen LogP contribution in [0.5, 0.6) is 0 Å². The topological polar surface area (TPSA) is 36.1 Å². The molecule has 2 nitrogen and oxygen atoms in total. The fraction of sp³-hybridized carbons (Fsp3) is 0.250. The summed E-state index contributed by atoms with van der Waals surface area (Å²) in [7, 11) is 0. The third-order valence-electron chi connectivity index (χ3n) is 1.27. The maximum absolute atomic E-state index is 8.23. The largest absolute Gasteiger partial charge is 0.205 e. The molecule has 0 atom stereocenters. The normalized spacial score (nSPS) is 16.5. The molecular weight excluding hydrogens is 252 g/mol. The number of nitriles is 1. The molecule has 0 saturated carbocycles. The van der Waals surface area contributed by atoms with Crippen LogP contribution in [0.15, 0.2) is 23.8 Å². The molecule has 0 bridgehead atoms. The predicted molar refractivity (Wildman–Crippen MR) is 71.4 cm³/mol. The molecule has 0 aliphatic carbocycles. The Kier molecular flexibility index (Phi) is 5.63. The van der Waals surface area contributed by atoms with Gasteiger partial charge in [0.2, 0.25) is 6.19 Å². The lowest BCUT2D eigenvalue weighted by molar-refractivity contribution is 1.45. The van der Waals surface area contributed by atoms with Crippen LogP contribution < -0.4 is 0 Å². The first-order chi connectivity index (χ1) is 6.81. The van der Waals surface area contributed by atoms with Gasteiger partial charge in [-0.1, -0.05) is 23.5 Å². The van der Waals surface area contributed by atoms with E-state index in [9.17, 15) is 0 Å². The van der Waals surface area contributed by atoms with Gasteiger partial charge in [-0.15, -0.1) is 23.5 Å². The van der Waals surface area contributed by atoms with Crippen molar-refractivity contribution in [2.24, 2.45) is 4.99 Å². The van der Waals surface area contributed by atoms with Gasteiger partial charge in [-0.3, -0.25) is 0 Å². The maximum atomic E-state index is 8.23. The number of thioether (sulfide) groups is 4. The third kappa shape index (κ3) is 3.31. The van der Waals surface area contributed by atoms with E-state index in [0.717, 1.165) is 0 Å². The van der Waals surface area contributed by atoms with Crippen molar-refractivity contribution in [3.63, 3.8) is 0 Å². The molecule has 14 heavy (non-hydrogen) atoms. The van der Waals surface area contributed by atoms with Crippen molar-refractivity contribution >= 4 is 53.3 Å². The number of allylic oxidation sites excluding steroid dienone is 1. The average Bonchev–Trinajstić information content (AvgIpc) is 2.61. The van der Waals surface area contributed by atoms with E-state index in [1.807, 2.05) is 6.08 Å². The van der Waals surface area contributed by atoms with E-state index in [4.69, 9.17) is 5.26 Å². The van der Waals surface area contributed by atoms with Crippen LogP contribution in [-0.2, 0) is 0 Å². The molecule has 0 unspecified atom stereocenters. The summed E-state index contributed by atoms with van der Waals surface area (Å²) in [5, 5.41) is 8.23. The highest BCUT2D eigenvalue weighted by Crippen LogP contribution is 2.55. The van der Waals surface area contributed by atoms with E-state index in [0.29, 0.717) is 0 Å². The summed E-state index contributed by atoms with van der Waals surface area (Å²) in [6.45, 7) is 0. The van der Waals surface area contributed by atoms with Crippen molar-refractivity contribution in [2.75, 3.05) is 12.5 Å². The zero-order chi connectivity index (χ0) is 10.4. The molecular formula is C8H8N2S4. The first-order valence-electron chi connectivity index (χ1n) is 3.62. The first kappa shape index (κ1) is 12.1. The van der Waals surface area contributed by atoms with E-state index in [1.165, 1.54) is 18.9 Å². The van der Waals surface area contributed by atoms with E-state index in [1.54, 1.807) is 53.2 Å². The lowest BCUT2D eigenvalue weighted by Gasteiger charge is -1.94. The van der Waals surface area contributed by atoms with Crippen LogP contribution in [0.2, 0.25) is 0 Å². The SMILES string of the molecule is CSC1=C(SC)SC(=CC=NC#N)S1. The van der Waals surface area contributed by atoms with Crippen LogP contribution in [0.4, 0.5) is 0 Å². The van der Waals surface area contributed by atoms with Crippen LogP contribution >= 0.6 is 47.0 Å². The smallest absolute Gasteiger partial charge is 0.182 e. The predicted octanol–water partition coefficient (Wildman–Crippen LogP) is 3.71. The molecule has 1 aliphatic rings. The maximum Gasteiger partial charge on any atom is 0.205 e. The van der Waals surface area contributed by atoms with Crippen molar-refractivity contribution in [3.05, 3.63) is 18.8 Å². The van der Waals surface area contributed by atoms with Crippen molar-refractivity contribution in [2.45, 2.75) is 0 Å². The van der Waals surface area contributed by atoms with Crippen LogP contribution in [0.25, 0.3) is 0 Å². The Hall–Kier alpha value is 0.0400. The van der Waals surface area contributed by atoms with Crippen LogP contribution in [0, 0.1) is 11.5 Å². The van der Waals surface area contributed by atoms with E-state index >= 15 is 0 Å². The van der Waals surface area contributed by atoms with Gasteiger partial charge in [0.1, 0.15) is 0 Å². The molecule has 0 aromatic carbocycles. The molecule has 0 amide bonds. The summed E-state index contributed by atoms with van der Waals surface area (Å²) in [4.78, 5) is 3.48. The summed E-state index contributed by atoms with van der Waals surface area (Å²) in [5.74, 6) is 0. The molecule has 74 valence electrons. The fourth-order valence-corrected chi connectivity index (χ4v) is 5.55. The average molecular weight is 260 g/mol. The summed E-state index contributed by atoms with van der Waals surface area (Å²) in [6.07, 6.45) is 9.29. The monoisotopic (exact) mass is 260 g/mol. The second-order valence-electron chi connectivity index (χ2n) is 2.05. The van der Waals surface area contributed by atoms with Gasteiger partial charge in [0, 0.05) is 6.21 Å². The number of hydrogen-bond donors (Lipinski definition) is 0. The molecule has 6 heteroatoms. The zero-order valence-electron chi connectivity index (χ0n) is 7.68. The summed E-state index contributed by atoms with van der Waals surface area (Å²) >= 11 is 7.00. The highest BCUT2D eigenvalue weighted by Gasteiger charge is 2.18. The van der Waals surface area contributed by atoms with Crippen molar-refractivity contribution < 1.29 is 0 Å². The molecule has 0 radical (unpaired) electrons. The number of hydrogen-bond acceptors (Lipinski definition) is 6. The third-order valence-corrected chi connectivity index (χ3v) is 6.39. The fourth-order valence-electron chi connectivity index (χ4n) is 0.736. The molecule has 0 saturated heterocycles. The minimum Gasteiger partial charge on any atom is -0.182 e. The van der Waals surface area contributed by atoms with Crippen molar-refractivity contribution in [1.82, 2.24) is 0 Å². The second kappa shape index (κ2) is 6.51. The van der Waals surface area contributed by atoms with Gasteiger partial charge < -0.3 is 0 Å². The molecule has 1 heterocycles. The van der Waals surface area contributed by atoms with Gasteiger partial charge >= 0.3 is 0 Å². The number of rotatable bonds is 3. The second-order valence-corrected chi connectivity index (χ2v) is 6.56. The molecule has 0 spiro atoms. The molecule has 0 fully saturated rings. The molecule has 0 N–H and O–H groups in total. The highest BCUT2D eigenvalue weighted by molar-refractivity contribution is 8.40. The Morgan fingerprint density at radius 3 is 2.29 bits per heavy atom. The quantitative estimate of drug-likeness (QED) is 0.571. The van der Waals surface area contributed by atoms with Crippen LogP contribution in [-0.4, -0.2) is 18.7 Å². The Morgan fingerprint density at radius 1 is 1.29 bits per heavy atom. The van der Waals surface area contributed by atoms with Gasteiger partial charge in [0.05, 0.1) is 12.7 Å². The molecule has 1 rings (SSSR count). The standard InChI is InChI=1S/C8H8N2S4/c1-11-7-8(12-2)14-6(13-7)3-4-10-5-9/h3-4H,1-2H3. The van der Waals surface area contributed by atoms with Gasteiger partial charge in [0.15, 0.2) is 0 Å². The lowest BCUT2D eigenvalue weighted by atomic mass is 10.7. The number of nitrogens with zero attached hydrogens (tertiary/aromatic N) is 2. The van der Waals surface area contributed by atoms with Gasteiger partial charge in [-0.25, -0.2) is 0 Å². The summed E-state index contributed by atoms with van der Waals surface area (Å²) < 4.78 is 3.84. The zero-order valence-corrected chi connectivity index (χ0v) is 10.9. The molecule has 1 aliphatic heterocycles. The van der Waals surface area contributed by atoms with E-state index < -0.39 is 0 Å². The highest BCUT2D eigenvalue weighted by atomic mass is 32.3. The van der Waals surface area contributed by atoms with Crippen LogP contribution in [0.3, 0.4) is 0 Å². The van der Waals surface area contributed by atoms with Gasteiger partial charge in [-0.2, -0.15) is 10.3 Å². The van der Waals surface area contributed by atoms with Crippen molar-refractivity contribution in [1.29, 1.82) is 5.26 Å². The van der Waals surface area contributed by atoms with E-state index in [-0.39, 0.29) is 0 Å². The molecule has 0 aromatic heterocycles. The van der Waals surface area contributed by atoms with E-state index in [2.05, 4.69) is 17.5 Å². The lowest BCUT2D eigenvalue weighted by Crippen LogP contribution is -1.65. The Bertz CT molecular complexity index is 320. The first-order valence-corrected chi connectivity index (χ1v) is 7.70. The van der Waals surface area contributed by atoms with Gasteiger partial charge in [-0.05, 0) is 18.6 Å². The van der Waals surface area contributed by atoms with Crippen molar-refractivity contribution in [3.8, 4) is 6.19 Å². The van der Waals surface area contributed by atoms with Crippen LogP contribution in [0.1, 0.15) is 0 Å². The number of aliphatic imine (C=N–C) groups is 1. The summed E-state index contributed by atoms with van der Waals surface area (Å²) in [6, 6.07) is 0. The summed E-state index contributed by atoms with van der Waals surface area (Å²) in [5.41, 5.74) is 0. The molecule has 0 aromatic rings. The minimum atomic E-state index is 1.18.